The van der Waals surface area contributed by atoms with Gasteiger partial charge in [-0.05, 0) is 35.9 Å². The summed E-state index contributed by atoms with van der Waals surface area (Å²) < 4.78 is 38.1. The molecule has 6 heteroatoms. The molecule has 1 heterocycles. The van der Waals surface area contributed by atoms with Crippen molar-refractivity contribution in [2.45, 2.75) is 6.18 Å². The third kappa shape index (κ3) is 2.72. The second-order valence-corrected chi connectivity index (χ2v) is 5.26. The Morgan fingerprint density at radius 1 is 1.05 bits per heavy atom. The van der Waals surface area contributed by atoms with Gasteiger partial charge in [-0.15, -0.1) is 0 Å². The zero-order chi connectivity index (χ0) is 15.9. The fourth-order valence-corrected chi connectivity index (χ4v) is 2.37. The number of anilines is 1. The van der Waals surface area contributed by atoms with Crippen LogP contribution in [-0.2, 0) is 11.0 Å². The smallest absolute Gasteiger partial charge is 0.321 e. The summed E-state index contributed by atoms with van der Waals surface area (Å²) in [6.45, 7) is 0. The Bertz CT molecular complexity index is 779. The first-order valence-corrected chi connectivity index (χ1v) is 6.72. The van der Waals surface area contributed by atoms with Crippen molar-refractivity contribution < 1.29 is 18.0 Å². The highest BCUT2D eigenvalue weighted by Gasteiger charge is 2.33. The predicted octanol–water partition coefficient (Wildman–Crippen LogP) is 4.85. The molecule has 3 rings (SSSR count). The van der Waals surface area contributed by atoms with E-state index < -0.39 is 17.6 Å². The fraction of sp³-hybridized carbons (Fsp3) is 0.0625. The molecule has 0 radical (unpaired) electrons. The van der Waals surface area contributed by atoms with Gasteiger partial charge in [0.2, 0.25) is 0 Å². The SMILES string of the molecule is O=C1Nc2cc(C(F)(F)F)ccc2/C1=C\c1ccc(Cl)cc1. The van der Waals surface area contributed by atoms with Crippen LogP contribution in [0.4, 0.5) is 18.9 Å². The summed E-state index contributed by atoms with van der Waals surface area (Å²) in [5, 5.41) is 3.02. The standard InChI is InChI=1S/C16H9ClF3NO/c17-11-4-1-9(2-5-11)7-13-12-6-3-10(16(18,19)20)8-14(12)21-15(13)22/h1-8H,(H,21,22)/b13-7+. The van der Waals surface area contributed by atoms with Crippen LogP contribution >= 0.6 is 11.6 Å². The van der Waals surface area contributed by atoms with Gasteiger partial charge in [-0.1, -0.05) is 29.8 Å². The van der Waals surface area contributed by atoms with Crippen molar-refractivity contribution in [3.8, 4) is 0 Å². The number of fused-ring (bicyclic) bond motifs is 1. The van der Waals surface area contributed by atoms with E-state index in [-0.39, 0.29) is 5.69 Å². The Morgan fingerprint density at radius 2 is 1.73 bits per heavy atom. The number of carbonyl (C=O) groups is 1. The molecule has 1 N–H and O–H groups in total. The Labute approximate surface area is 129 Å². The van der Waals surface area contributed by atoms with E-state index in [0.717, 1.165) is 17.7 Å². The van der Waals surface area contributed by atoms with Crippen LogP contribution in [0.3, 0.4) is 0 Å². The molecule has 2 aromatic rings. The van der Waals surface area contributed by atoms with Crippen LogP contribution in [0.25, 0.3) is 11.6 Å². The van der Waals surface area contributed by atoms with Crippen LogP contribution < -0.4 is 5.32 Å². The summed E-state index contributed by atoms with van der Waals surface area (Å²) in [5.41, 5.74) is 0.889. The second kappa shape index (κ2) is 5.18. The lowest BCUT2D eigenvalue weighted by molar-refractivity contribution is -0.137. The van der Waals surface area contributed by atoms with E-state index in [1.807, 2.05) is 0 Å². The Balaban J connectivity index is 2.03. The first-order chi connectivity index (χ1) is 10.3. The molecule has 112 valence electrons. The van der Waals surface area contributed by atoms with Crippen molar-refractivity contribution in [3.63, 3.8) is 0 Å². The van der Waals surface area contributed by atoms with E-state index in [0.29, 0.717) is 16.2 Å². The molecule has 0 unspecified atom stereocenters. The number of benzene rings is 2. The zero-order valence-electron chi connectivity index (χ0n) is 11.0. The molecule has 1 aliphatic rings. The number of halogens is 4. The average molecular weight is 324 g/mol. The minimum absolute atomic E-state index is 0.167. The van der Waals surface area contributed by atoms with Gasteiger partial charge in [-0.25, -0.2) is 0 Å². The van der Waals surface area contributed by atoms with Crippen molar-refractivity contribution in [2.75, 3.05) is 5.32 Å². The molecule has 2 nitrogen and oxygen atoms in total. The van der Waals surface area contributed by atoms with Crippen LogP contribution in [0.2, 0.25) is 5.02 Å². The minimum atomic E-state index is -4.44. The zero-order valence-corrected chi connectivity index (χ0v) is 11.8. The number of rotatable bonds is 1. The molecule has 0 saturated carbocycles. The molecule has 0 fully saturated rings. The Kier molecular flexibility index (Phi) is 3.45. The fourth-order valence-electron chi connectivity index (χ4n) is 2.24. The highest BCUT2D eigenvalue weighted by molar-refractivity contribution is 6.35. The lowest BCUT2D eigenvalue weighted by Gasteiger charge is -2.08. The van der Waals surface area contributed by atoms with Gasteiger partial charge < -0.3 is 5.32 Å². The van der Waals surface area contributed by atoms with E-state index in [2.05, 4.69) is 5.32 Å². The first-order valence-electron chi connectivity index (χ1n) is 6.35. The lowest BCUT2D eigenvalue weighted by Crippen LogP contribution is -2.06. The van der Waals surface area contributed by atoms with Gasteiger partial charge in [0, 0.05) is 21.8 Å². The average Bonchev–Trinajstić information content (AvgIpc) is 2.76. The van der Waals surface area contributed by atoms with E-state index in [1.54, 1.807) is 30.3 Å². The number of carbonyl (C=O) groups excluding carboxylic acids is 1. The van der Waals surface area contributed by atoms with Crippen LogP contribution in [0.1, 0.15) is 16.7 Å². The number of amides is 1. The summed E-state index contributed by atoms with van der Waals surface area (Å²) >= 11 is 5.79. The molecular formula is C16H9ClF3NO. The molecule has 1 amide bonds. The number of hydrogen-bond donors (Lipinski definition) is 1. The summed E-state index contributed by atoms with van der Waals surface area (Å²) in [7, 11) is 0. The molecule has 0 spiro atoms. The van der Waals surface area contributed by atoms with Crippen LogP contribution in [0.5, 0.6) is 0 Å². The van der Waals surface area contributed by atoms with Gasteiger partial charge in [0.05, 0.1) is 5.56 Å². The van der Waals surface area contributed by atoms with Gasteiger partial charge in [0.25, 0.3) is 5.91 Å². The van der Waals surface area contributed by atoms with Crippen LogP contribution in [0, 0.1) is 0 Å². The molecule has 22 heavy (non-hydrogen) atoms. The molecule has 0 bridgehead atoms. The minimum Gasteiger partial charge on any atom is -0.321 e. The van der Waals surface area contributed by atoms with Crippen molar-refractivity contribution in [1.29, 1.82) is 0 Å². The second-order valence-electron chi connectivity index (χ2n) is 4.82. The number of alkyl halides is 3. The number of hydrogen-bond acceptors (Lipinski definition) is 1. The summed E-state index contributed by atoms with van der Waals surface area (Å²) in [6.07, 6.45) is -2.83. The van der Waals surface area contributed by atoms with Gasteiger partial charge in [0.1, 0.15) is 0 Å². The molecule has 0 aromatic heterocycles. The van der Waals surface area contributed by atoms with E-state index in [9.17, 15) is 18.0 Å². The molecule has 0 aliphatic carbocycles. The largest absolute Gasteiger partial charge is 0.416 e. The number of nitrogens with one attached hydrogen (secondary N) is 1. The molecule has 0 saturated heterocycles. The monoisotopic (exact) mass is 323 g/mol. The van der Waals surface area contributed by atoms with Crippen molar-refractivity contribution in [3.05, 3.63) is 64.2 Å². The highest BCUT2D eigenvalue weighted by Crippen LogP contribution is 2.38. The van der Waals surface area contributed by atoms with Gasteiger partial charge in [-0.3, -0.25) is 4.79 Å². The molecule has 2 aromatic carbocycles. The van der Waals surface area contributed by atoms with Crippen molar-refractivity contribution in [1.82, 2.24) is 0 Å². The summed E-state index contributed by atoms with van der Waals surface area (Å²) in [6, 6.07) is 10.0. The molecule has 1 aliphatic heterocycles. The summed E-state index contributed by atoms with van der Waals surface area (Å²) in [5.74, 6) is -0.427. The lowest BCUT2D eigenvalue weighted by atomic mass is 10.0. The third-order valence-corrected chi connectivity index (χ3v) is 3.56. The van der Waals surface area contributed by atoms with Crippen LogP contribution in [0.15, 0.2) is 42.5 Å². The van der Waals surface area contributed by atoms with Crippen molar-refractivity contribution >= 4 is 34.8 Å². The summed E-state index contributed by atoms with van der Waals surface area (Å²) in [4.78, 5) is 12.0. The van der Waals surface area contributed by atoms with Gasteiger partial charge in [0.15, 0.2) is 0 Å². The first kappa shape index (κ1) is 14.7. The highest BCUT2D eigenvalue weighted by atomic mass is 35.5. The van der Waals surface area contributed by atoms with Gasteiger partial charge in [-0.2, -0.15) is 13.2 Å². The molecular weight excluding hydrogens is 315 g/mol. The Hall–Kier alpha value is -2.27. The Morgan fingerprint density at radius 3 is 2.36 bits per heavy atom. The maximum absolute atomic E-state index is 12.7. The topological polar surface area (TPSA) is 29.1 Å². The predicted molar refractivity (Wildman–Crippen MR) is 79.4 cm³/mol. The quantitative estimate of drug-likeness (QED) is 0.747. The van der Waals surface area contributed by atoms with E-state index in [4.69, 9.17) is 11.6 Å². The molecule has 0 atom stereocenters. The van der Waals surface area contributed by atoms with Crippen LogP contribution in [-0.4, -0.2) is 5.91 Å². The maximum Gasteiger partial charge on any atom is 0.416 e. The van der Waals surface area contributed by atoms with E-state index >= 15 is 0 Å². The van der Waals surface area contributed by atoms with E-state index in [1.165, 1.54) is 6.07 Å². The van der Waals surface area contributed by atoms with Crippen molar-refractivity contribution in [2.24, 2.45) is 0 Å². The normalized spacial score (nSPS) is 15.8. The third-order valence-electron chi connectivity index (χ3n) is 3.31. The maximum atomic E-state index is 12.7. The van der Waals surface area contributed by atoms with Gasteiger partial charge >= 0.3 is 6.18 Å².